The van der Waals surface area contributed by atoms with Crippen molar-refractivity contribution >= 4 is 0 Å². The van der Waals surface area contributed by atoms with E-state index in [0.29, 0.717) is 6.61 Å². The average molecular weight is 225 g/mol. The van der Waals surface area contributed by atoms with E-state index in [1.807, 2.05) is 6.92 Å². The first-order valence-corrected chi connectivity index (χ1v) is 5.85. The molecule has 0 radical (unpaired) electrons. The maximum Gasteiger partial charge on any atom is 0.110 e. The molecule has 2 heterocycles. The average Bonchev–Trinajstić information content (AvgIpc) is 2.88. The molecule has 2 rings (SSSR count). The Labute approximate surface area is 95.4 Å². The first kappa shape index (κ1) is 11.5. The van der Waals surface area contributed by atoms with Crippen molar-refractivity contribution in [3.63, 3.8) is 0 Å². The Kier molecular flexibility index (Phi) is 3.25. The maximum absolute atomic E-state index is 10.6. The van der Waals surface area contributed by atoms with Crippen molar-refractivity contribution in [3.05, 3.63) is 11.9 Å². The van der Waals surface area contributed by atoms with Crippen LogP contribution in [-0.4, -0.2) is 33.3 Å². The van der Waals surface area contributed by atoms with Gasteiger partial charge in [0, 0.05) is 19.1 Å². The highest BCUT2D eigenvalue weighted by atomic mass is 16.5. The second-order valence-electron chi connectivity index (χ2n) is 4.55. The van der Waals surface area contributed by atoms with Gasteiger partial charge in [-0.2, -0.15) is 0 Å². The molecule has 1 N–H and O–H groups in total. The van der Waals surface area contributed by atoms with E-state index < -0.39 is 5.60 Å². The summed E-state index contributed by atoms with van der Waals surface area (Å²) in [6.07, 6.45) is 3.53. The molecule has 1 aromatic rings. The summed E-state index contributed by atoms with van der Waals surface area (Å²) in [4.78, 5) is 0. The molecule has 16 heavy (non-hydrogen) atoms. The smallest absolute Gasteiger partial charge is 0.110 e. The monoisotopic (exact) mass is 225 g/mol. The van der Waals surface area contributed by atoms with Crippen molar-refractivity contribution < 1.29 is 9.84 Å². The third-order valence-electron chi connectivity index (χ3n) is 3.30. The molecule has 5 nitrogen and oxygen atoms in total. The van der Waals surface area contributed by atoms with Gasteiger partial charge < -0.3 is 9.84 Å². The molecule has 0 aliphatic carbocycles. The highest BCUT2D eigenvalue weighted by Crippen LogP contribution is 2.34. The van der Waals surface area contributed by atoms with Crippen LogP contribution < -0.4 is 0 Å². The third-order valence-corrected chi connectivity index (χ3v) is 3.30. The van der Waals surface area contributed by atoms with Gasteiger partial charge in [0.25, 0.3) is 0 Å². The Hall–Kier alpha value is -0.940. The number of nitrogens with zero attached hydrogens (tertiary/aromatic N) is 3. The number of rotatable bonds is 4. The first-order chi connectivity index (χ1) is 7.66. The van der Waals surface area contributed by atoms with Crippen LogP contribution in [0.1, 0.15) is 32.4 Å². The Morgan fingerprint density at radius 2 is 2.50 bits per heavy atom. The lowest BCUT2D eigenvalue weighted by atomic mass is 9.86. The van der Waals surface area contributed by atoms with Gasteiger partial charge >= 0.3 is 0 Å². The lowest BCUT2D eigenvalue weighted by molar-refractivity contribution is -0.0174. The van der Waals surface area contributed by atoms with Crippen molar-refractivity contribution in [3.8, 4) is 0 Å². The van der Waals surface area contributed by atoms with Crippen molar-refractivity contribution in [2.75, 3.05) is 13.2 Å². The largest absolute Gasteiger partial charge is 0.383 e. The van der Waals surface area contributed by atoms with Crippen molar-refractivity contribution in [2.45, 2.75) is 38.8 Å². The normalized spacial score (nSPS) is 24.6. The summed E-state index contributed by atoms with van der Waals surface area (Å²) >= 11 is 0. The van der Waals surface area contributed by atoms with E-state index in [4.69, 9.17) is 4.74 Å². The van der Waals surface area contributed by atoms with Crippen LogP contribution >= 0.6 is 0 Å². The molecule has 0 amide bonds. The van der Waals surface area contributed by atoms with E-state index in [1.165, 1.54) is 0 Å². The molecule has 1 aliphatic rings. The van der Waals surface area contributed by atoms with Gasteiger partial charge in [0.1, 0.15) is 5.60 Å². The van der Waals surface area contributed by atoms with Crippen molar-refractivity contribution in [1.29, 1.82) is 0 Å². The fraction of sp³-hybridized carbons (Fsp3) is 0.818. The maximum atomic E-state index is 10.6. The molecule has 0 aromatic carbocycles. The SMILES string of the molecule is CCCn1nncc1C(C)(O)C1CCOC1. The second kappa shape index (κ2) is 4.51. The molecule has 1 aromatic heterocycles. The van der Waals surface area contributed by atoms with Crippen LogP contribution in [0, 0.1) is 5.92 Å². The van der Waals surface area contributed by atoms with Gasteiger partial charge in [-0.25, -0.2) is 4.68 Å². The second-order valence-corrected chi connectivity index (χ2v) is 4.55. The van der Waals surface area contributed by atoms with Gasteiger partial charge in [0.15, 0.2) is 0 Å². The van der Waals surface area contributed by atoms with Crippen LogP contribution in [-0.2, 0) is 16.9 Å². The molecular weight excluding hydrogens is 206 g/mol. The Balaban J connectivity index is 2.23. The van der Waals surface area contributed by atoms with Gasteiger partial charge in [-0.3, -0.25) is 0 Å². The Morgan fingerprint density at radius 3 is 3.12 bits per heavy atom. The lowest BCUT2D eigenvalue weighted by Gasteiger charge is -2.29. The molecule has 1 saturated heterocycles. The molecule has 0 bridgehead atoms. The number of hydrogen-bond donors (Lipinski definition) is 1. The molecule has 1 aliphatic heterocycles. The molecule has 0 saturated carbocycles. The summed E-state index contributed by atoms with van der Waals surface area (Å²) in [7, 11) is 0. The molecule has 2 atom stereocenters. The predicted molar refractivity (Wildman–Crippen MR) is 58.8 cm³/mol. The molecule has 0 spiro atoms. The van der Waals surface area contributed by atoms with Crippen LogP contribution in [0.4, 0.5) is 0 Å². The summed E-state index contributed by atoms with van der Waals surface area (Å²) in [6, 6.07) is 0. The minimum absolute atomic E-state index is 0.140. The van der Waals surface area contributed by atoms with E-state index in [2.05, 4.69) is 17.2 Å². The lowest BCUT2D eigenvalue weighted by Crippen LogP contribution is -2.34. The van der Waals surface area contributed by atoms with Gasteiger partial charge in [-0.05, 0) is 19.8 Å². The number of ether oxygens (including phenoxy) is 1. The topological polar surface area (TPSA) is 60.2 Å². The Bertz CT molecular complexity index is 343. The van der Waals surface area contributed by atoms with Crippen molar-refractivity contribution in [2.24, 2.45) is 5.92 Å². The Morgan fingerprint density at radius 1 is 1.69 bits per heavy atom. The third kappa shape index (κ3) is 1.97. The standard InChI is InChI=1S/C11H19N3O2/c1-3-5-14-10(7-12-13-14)11(2,15)9-4-6-16-8-9/h7,9,15H,3-6,8H2,1-2H3. The van der Waals surface area contributed by atoms with Crippen LogP contribution in [0.2, 0.25) is 0 Å². The summed E-state index contributed by atoms with van der Waals surface area (Å²) < 4.78 is 7.12. The van der Waals surface area contributed by atoms with E-state index in [1.54, 1.807) is 10.9 Å². The minimum Gasteiger partial charge on any atom is -0.383 e. The first-order valence-electron chi connectivity index (χ1n) is 5.85. The molecule has 1 fully saturated rings. The summed E-state index contributed by atoms with van der Waals surface area (Å²) in [5.41, 5.74) is -0.0975. The van der Waals surface area contributed by atoms with E-state index in [9.17, 15) is 5.11 Å². The van der Waals surface area contributed by atoms with E-state index in [0.717, 1.165) is 31.7 Å². The summed E-state index contributed by atoms with van der Waals surface area (Å²) in [5.74, 6) is 0.140. The molecule has 90 valence electrons. The van der Waals surface area contributed by atoms with Crippen LogP contribution in [0.3, 0.4) is 0 Å². The van der Waals surface area contributed by atoms with Crippen LogP contribution in [0.15, 0.2) is 6.20 Å². The van der Waals surface area contributed by atoms with Crippen LogP contribution in [0.25, 0.3) is 0 Å². The number of aliphatic hydroxyl groups is 1. The van der Waals surface area contributed by atoms with Gasteiger partial charge in [-0.15, -0.1) is 5.10 Å². The zero-order valence-corrected chi connectivity index (χ0v) is 9.89. The quantitative estimate of drug-likeness (QED) is 0.828. The van der Waals surface area contributed by atoms with E-state index in [-0.39, 0.29) is 5.92 Å². The van der Waals surface area contributed by atoms with Crippen molar-refractivity contribution in [1.82, 2.24) is 15.0 Å². The van der Waals surface area contributed by atoms with Gasteiger partial charge in [0.05, 0.1) is 18.5 Å². The van der Waals surface area contributed by atoms with Gasteiger partial charge in [-0.1, -0.05) is 12.1 Å². The molecule has 5 heteroatoms. The fourth-order valence-electron chi connectivity index (χ4n) is 2.21. The summed E-state index contributed by atoms with van der Waals surface area (Å²) in [6.45, 7) is 6.05. The summed E-state index contributed by atoms with van der Waals surface area (Å²) in [5, 5.41) is 18.5. The molecule has 2 unspecified atom stereocenters. The predicted octanol–water partition coefficient (Wildman–Crippen LogP) is 0.932. The zero-order chi connectivity index (χ0) is 11.6. The number of hydrogen-bond acceptors (Lipinski definition) is 4. The van der Waals surface area contributed by atoms with E-state index >= 15 is 0 Å². The molecular formula is C11H19N3O2. The number of aromatic nitrogens is 3. The highest BCUT2D eigenvalue weighted by molar-refractivity contribution is 5.09. The van der Waals surface area contributed by atoms with Gasteiger partial charge in [0.2, 0.25) is 0 Å². The number of aryl methyl sites for hydroxylation is 1. The zero-order valence-electron chi connectivity index (χ0n) is 9.89. The fourth-order valence-corrected chi connectivity index (χ4v) is 2.21. The van der Waals surface area contributed by atoms with Crippen LogP contribution in [0.5, 0.6) is 0 Å². The highest BCUT2D eigenvalue weighted by Gasteiger charge is 2.39. The minimum atomic E-state index is -0.894.